The second kappa shape index (κ2) is 4.05. The van der Waals surface area contributed by atoms with Crippen molar-refractivity contribution < 1.29 is 9.53 Å². The summed E-state index contributed by atoms with van der Waals surface area (Å²) >= 11 is 5.15. The van der Waals surface area contributed by atoms with Gasteiger partial charge in [0.05, 0.1) is 6.61 Å². The number of nitrogens with one attached hydrogen (secondary N) is 1. The number of rotatable bonds is 2. The zero-order chi connectivity index (χ0) is 11.7. The average molecular weight is 237 g/mol. The van der Waals surface area contributed by atoms with E-state index in [1.807, 2.05) is 6.92 Å². The van der Waals surface area contributed by atoms with Gasteiger partial charge in [-0.1, -0.05) is 12.2 Å². The fraction of sp³-hybridized carbons (Fsp3) is 0.300. The van der Waals surface area contributed by atoms with Crippen LogP contribution in [0.25, 0.3) is 5.65 Å². The van der Waals surface area contributed by atoms with Gasteiger partial charge in [0, 0.05) is 11.9 Å². The van der Waals surface area contributed by atoms with Gasteiger partial charge >= 0.3 is 5.97 Å². The van der Waals surface area contributed by atoms with Gasteiger partial charge in [0.25, 0.3) is 0 Å². The number of esters is 1. The van der Waals surface area contributed by atoms with Crippen molar-refractivity contribution in [3.63, 3.8) is 0 Å². The number of aromatic amines is 1. The molecule has 0 bridgehead atoms. The molecule has 0 aromatic carbocycles. The summed E-state index contributed by atoms with van der Waals surface area (Å²) in [6.07, 6.45) is 1.55. The molecule has 84 valence electrons. The van der Waals surface area contributed by atoms with Crippen LogP contribution in [0.2, 0.25) is 0 Å². The summed E-state index contributed by atoms with van der Waals surface area (Å²) in [6, 6.07) is 1.76. The molecule has 6 heteroatoms. The fourth-order valence-electron chi connectivity index (χ4n) is 1.46. The van der Waals surface area contributed by atoms with Gasteiger partial charge in [-0.05, 0) is 19.9 Å². The zero-order valence-electron chi connectivity index (χ0n) is 8.98. The molecule has 5 nitrogen and oxygen atoms in total. The van der Waals surface area contributed by atoms with E-state index in [2.05, 4.69) is 10.1 Å². The lowest BCUT2D eigenvalue weighted by molar-refractivity contribution is 0.0528. The van der Waals surface area contributed by atoms with E-state index in [1.54, 1.807) is 23.7 Å². The molecule has 0 fully saturated rings. The Morgan fingerprint density at radius 2 is 2.44 bits per heavy atom. The first-order valence-corrected chi connectivity index (χ1v) is 5.29. The molecule has 2 rings (SSSR count). The standard InChI is InChI=1S/C10H11N3O2S/c1-3-15-10(14)7-5-11-13-8(16)4-6(2)12-9(7)13/h4-5,11H,3H2,1-2H3. The fourth-order valence-corrected chi connectivity index (χ4v) is 1.76. The Kier molecular flexibility index (Phi) is 2.74. The van der Waals surface area contributed by atoms with Crippen LogP contribution in [0.3, 0.4) is 0 Å². The number of aryl methyl sites for hydroxylation is 1. The van der Waals surface area contributed by atoms with Gasteiger partial charge in [-0.25, -0.2) is 14.3 Å². The molecule has 0 amide bonds. The second-order valence-electron chi connectivity index (χ2n) is 3.30. The molecule has 0 unspecified atom stereocenters. The van der Waals surface area contributed by atoms with E-state index in [9.17, 15) is 4.79 Å². The Labute approximate surface area is 97.1 Å². The van der Waals surface area contributed by atoms with Gasteiger partial charge < -0.3 is 4.74 Å². The van der Waals surface area contributed by atoms with Crippen molar-refractivity contribution in [3.05, 3.63) is 28.2 Å². The van der Waals surface area contributed by atoms with Crippen LogP contribution in [0.5, 0.6) is 0 Å². The maximum Gasteiger partial charge on any atom is 0.343 e. The maximum atomic E-state index is 11.6. The third kappa shape index (κ3) is 1.71. The molecule has 1 N–H and O–H groups in total. The van der Waals surface area contributed by atoms with Gasteiger partial charge in [0.1, 0.15) is 10.2 Å². The van der Waals surface area contributed by atoms with Crippen molar-refractivity contribution in [2.75, 3.05) is 6.61 Å². The van der Waals surface area contributed by atoms with E-state index in [0.29, 0.717) is 22.5 Å². The first kappa shape index (κ1) is 10.8. The molecule has 0 saturated carbocycles. The van der Waals surface area contributed by atoms with Gasteiger partial charge in [-0.15, -0.1) is 0 Å². The number of nitrogens with zero attached hydrogens (tertiary/aromatic N) is 2. The molecule has 0 saturated heterocycles. The lowest BCUT2D eigenvalue weighted by atomic mass is 10.3. The molecular weight excluding hydrogens is 226 g/mol. The minimum absolute atomic E-state index is 0.336. The molecule has 2 heterocycles. The van der Waals surface area contributed by atoms with Crippen molar-refractivity contribution in [2.45, 2.75) is 13.8 Å². The van der Waals surface area contributed by atoms with Crippen molar-refractivity contribution in [1.29, 1.82) is 0 Å². The third-order valence-electron chi connectivity index (χ3n) is 2.12. The number of ether oxygens (including phenoxy) is 1. The predicted molar refractivity (Wildman–Crippen MR) is 61.1 cm³/mol. The molecule has 0 aliphatic rings. The van der Waals surface area contributed by atoms with Crippen molar-refractivity contribution >= 4 is 23.8 Å². The molecular formula is C10H11N3O2S. The summed E-state index contributed by atoms with van der Waals surface area (Å²) < 4.78 is 7.09. The van der Waals surface area contributed by atoms with Gasteiger partial charge in [0.2, 0.25) is 0 Å². The number of fused-ring (bicyclic) bond motifs is 1. The summed E-state index contributed by atoms with van der Waals surface area (Å²) in [5, 5.41) is 2.87. The van der Waals surface area contributed by atoms with E-state index in [0.717, 1.165) is 5.69 Å². The molecule has 0 aliphatic carbocycles. The predicted octanol–water partition coefficient (Wildman–Crippen LogP) is 1.88. The van der Waals surface area contributed by atoms with Crippen LogP contribution in [-0.4, -0.2) is 27.2 Å². The topological polar surface area (TPSA) is 59.4 Å². The SMILES string of the molecule is CCOC(=O)c1c[nH]n2c(=S)cc(C)nc12. The molecule has 0 radical (unpaired) electrons. The highest BCUT2D eigenvalue weighted by molar-refractivity contribution is 7.71. The Morgan fingerprint density at radius 1 is 1.69 bits per heavy atom. The largest absolute Gasteiger partial charge is 0.462 e. The van der Waals surface area contributed by atoms with Crippen LogP contribution in [0.15, 0.2) is 12.3 Å². The van der Waals surface area contributed by atoms with E-state index >= 15 is 0 Å². The number of hydrogen-bond donors (Lipinski definition) is 1. The van der Waals surface area contributed by atoms with Gasteiger partial charge in [0.15, 0.2) is 5.65 Å². The quantitative estimate of drug-likeness (QED) is 0.640. The highest BCUT2D eigenvalue weighted by atomic mass is 32.1. The molecule has 2 aromatic rings. The summed E-state index contributed by atoms with van der Waals surface area (Å²) in [7, 11) is 0. The number of carbonyl (C=O) groups is 1. The maximum absolute atomic E-state index is 11.6. The highest BCUT2D eigenvalue weighted by Crippen LogP contribution is 2.11. The van der Waals surface area contributed by atoms with Crippen LogP contribution in [-0.2, 0) is 4.74 Å². The van der Waals surface area contributed by atoms with Crippen LogP contribution >= 0.6 is 12.2 Å². The summed E-state index contributed by atoms with van der Waals surface area (Å²) in [6.45, 7) is 3.93. The number of H-pyrrole nitrogens is 1. The van der Waals surface area contributed by atoms with Gasteiger partial charge in [-0.3, -0.25) is 5.10 Å². The molecule has 0 atom stereocenters. The van der Waals surface area contributed by atoms with Crippen molar-refractivity contribution in [2.24, 2.45) is 0 Å². The van der Waals surface area contributed by atoms with Crippen LogP contribution < -0.4 is 0 Å². The molecule has 2 aromatic heterocycles. The van der Waals surface area contributed by atoms with Gasteiger partial charge in [-0.2, -0.15) is 0 Å². The first-order chi connectivity index (χ1) is 7.63. The third-order valence-corrected chi connectivity index (χ3v) is 2.42. The molecule has 0 aliphatic heterocycles. The van der Waals surface area contributed by atoms with E-state index in [1.165, 1.54) is 0 Å². The van der Waals surface area contributed by atoms with Crippen molar-refractivity contribution in [1.82, 2.24) is 14.6 Å². The van der Waals surface area contributed by atoms with Crippen molar-refractivity contribution in [3.8, 4) is 0 Å². The Balaban J connectivity index is 2.64. The average Bonchev–Trinajstić information content (AvgIpc) is 2.61. The first-order valence-electron chi connectivity index (χ1n) is 4.88. The number of carbonyl (C=O) groups excluding carboxylic acids is 1. The molecule has 0 spiro atoms. The van der Waals surface area contributed by atoms with Crippen LogP contribution in [0, 0.1) is 11.6 Å². The minimum atomic E-state index is -0.395. The monoisotopic (exact) mass is 237 g/mol. The van der Waals surface area contributed by atoms with E-state index < -0.39 is 5.97 Å². The summed E-state index contributed by atoms with van der Waals surface area (Å²) in [5.41, 5.74) is 1.68. The molecule has 16 heavy (non-hydrogen) atoms. The summed E-state index contributed by atoms with van der Waals surface area (Å²) in [5.74, 6) is -0.395. The minimum Gasteiger partial charge on any atom is -0.462 e. The van der Waals surface area contributed by atoms with Crippen LogP contribution in [0.1, 0.15) is 23.0 Å². The van der Waals surface area contributed by atoms with E-state index in [-0.39, 0.29) is 0 Å². The lowest BCUT2D eigenvalue weighted by Crippen LogP contribution is -2.05. The van der Waals surface area contributed by atoms with E-state index in [4.69, 9.17) is 17.0 Å². The Hall–Kier alpha value is -1.69. The Bertz CT molecular complexity index is 600. The zero-order valence-corrected chi connectivity index (χ0v) is 9.80. The second-order valence-corrected chi connectivity index (χ2v) is 3.72. The Morgan fingerprint density at radius 3 is 3.12 bits per heavy atom. The number of hydrogen-bond acceptors (Lipinski definition) is 4. The normalized spacial score (nSPS) is 10.6. The summed E-state index contributed by atoms with van der Waals surface area (Å²) in [4.78, 5) is 15.9. The smallest absolute Gasteiger partial charge is 0.343 e. The lowest BCUT2D eigenvalue weighted by Gasteiger charge is -2.00. The highest BCUT2D eigenvalue weighted by Gasteiger charge is 2.14. The van der Waals surface area contributed by atoms with Crippen LogP contribution in [0.4, 0.5) is 0 Å². The number of aromatic nitrogens is 3.